The lowest BCUT2D eigenvalue weighted by Gasteiger charge is -2.26. The number of hydrogen-bond donors (Lipinski definition) is 0. The second-order valence-corrected chi connectivity index (χ2v) is 13.1. The van der Waals surface area contributed by atoms with Crippen molar-refractivity contribution in [3.05, 3.63) is 143 Å². The molecule has 2 heterocycles. The van der Waals surface area contributed by atoms with Crippen LogP contribution in [0.4, 0.5) is 0 Å². The third-order valence-electron chi connectivity index (χ3n) is 9.79. The molecule has 0 amide bonds. The van der Waals surface area contributed by atoms with Crippen molar-refractivity contribution in [2.24, 2.45) is 0 Å². The fourth-order valence-electron chi connectivity index (χ4n) is 7.63. The molecule has 0 saturated carbocycles. The molecule has 0 aliphatic heterocycles. The number of benzene rings is 4. The highest BCUT2D eigenvalue weighted by Gasteiger charge is 2.25. The van der Waals surface area contributed by atoms with Crippen molar-refractivity contribution >= 4 is 34.0 Å². The van der Waals surface area contributed by atoms with Crippen LogP contribution in [-0.4, -0.2) is 9.13 Å². The Morgan fingerprint density at radius 1 is 0.674 bits per heavy atom. The lowest BCUT2D eigenvalue weighted by molar-refractivity contribution is 0.522. The molecule has 1 unspecified atom stereocenters. The second-order valence-electron chi connectivity index (χ2n) is 13.1. The van der Waals surface area contributed by atoms with Crippen molar-refractivity contribution in [3.63, 3.8) is 0 Å². The minimum Gasteiger partial charge on any atom is -0.313 e. The van der Waals surface area contributed by atoms with E-state index >= 15 is 0 Å². The van der Waals surface area contributed by atoms with E-state index in [4.69, 9.17) is 0 Å². The summed E-state index contributed by atoms with van der Waals surface area (Å²) >= 11 is 0. The van der Waals surface area contributed by atoms with Gasteiger partial charge >= 0.3 is 0 Å². The molecular weight excluding hydrogens is 520 g/mol. The Morgan fingerprint density at radius 3 is 2.02 bits per heavy atom. The number of allylic oxidation sites excluding steroid dienone is 2. The van der Waals surface area contributed by atoms with Crippen molar-refractivity contribution in [1.82, 2.24) is 9.13 Å². The van der Waals surface area contributed by atoms with Crippen LogP contribution in [0.1, 0.15) is 73.2 Å². The molecule has 2 aliphatic carbocycles. The average molecular weight is 559 g/mol. The minimum atomic E-state index is 0.0135. The predicted octanol–water partition coefficient (Wildman–Crippen LogP) is 10.6. The highest BCUT2D eigenvalue weighted by atomic mass is 15.0. The molecule has 8 rings (SSSR count). The van der Waals surface area contributed by atoms with Gasteiger partial charge in [-0.05, 0) is 78.6 Å². The van der Waals surface area contributed by atoms with E-state index in [1.165, 1.54) is 66.8 Å². The first-order valence-electron chi connectivity index (χ1n) is 15.8. The molecule has 2 aromatic heterocycles. The number of hydrogen-bond acceptors (Lipinski definition) is 0. The normalized spacial score (nSPS) is 16.1. The fraction of sp³-hybridized carbons (Fsp3) is 0.220. The molecule has 2 heteroatoms. The van der Waals surface area contributed by atoms with E-state index in [0.29, 0.717) is 5.92 Å². The number of fused-ring (bicyclic) bond motifs is 6. The van der Waals surface area contributed by atoms with E-state index in [1.807, 2.05) is 0 Å². The Kier molecular flexibility index (Phi) is 6.08. The lowest BCUT2D eigenvalue weighted by atomic mass is 9.79. The highest BCUT2D eigenvalue weighted by molar-refractivity contribution is 5.94. The first-order valence-corrected chi connectivity index (χ1v) is 15.8. The van der Waals surface area contributed by atoms with Crippen molar-refractivity contribution < 1.29 is 0 Å². The van der Waals surface area contributed by atoms with Crippen LogP contribution in [-0.2, 0) is 18.3 Å². The quantitative estimate of drug-likeness (QED) is 0.199. The fourth-order valence-corrected chi connectivity index (χ4v) is 7.63. The summed E-state index contributed by atoms with van der Waals surface area (Å²) in [5.74, 6) is 0.500. The van der Waals surface area contributed by atoms with E-state index in [-0.39, 0.29) is 5.41 Å². The molecule has 0 radical (unpaired) electrons. The molecule has 4 aromatic carbocycles. The monoisotopic (exact) mass is 558 g/mol. The topological polar surface area (TPSA) is 9.86 Å². The molecule has 1 atom stereocenters. The Bertz CT molecular complexity index is 2040. The van der Waals surface area contributed by atoms with Gasteiger partial charge in [-0.15, -0.1) is 0 Å². The standard InChI is InChI=1S/C41H38N2/c1-28-11-10-15-36-35-14-6-9-18-39(35)43(40(28)36)32-23-19-29(20-24-32)27-41(2,3)30-21-25-31(26-22-30)42-37-16-7-4-12-33(37)34-13-5-8-17-38(34)42/h4-7,9-10,12-16,18-26,28H,8,11,17,27H2,1-3H3. The van der Waals surface area contributed by atoms with E-state index in [0.717, 1.165) is 25.7 Å². The highest BCUT2D eigenvalue weighted by Crippen LogP contribution is 2.40. The molecule has 0 bridgehead atoms. The van der Waals surface area contributed by atoms with E-state index in [2.05, 4.69) is 151 Å². The largest absolute Gasteiger partial charge is 0.313 e. The summed E-state index contributed by atoms with van der Waals surface area (Å²) in [4.78, 5) is 0. The third kappa shape index (κ3) is 4.23. The molecule has 0 N–H and O–H groups in total. The molecule has 6 aromatic rings. The van der Waals surface area contributed by atoms with Gasteiger partial charge in [-0.1, -0.05) is 106 Å². The Labute approximate surface area is 254 Å². The van der Waals surface area contributed by atoms with Gasteiger partial charge in [0.15, 0.2) is 0 Å². The summed E-state index contributed by atoms with van der Waals surface area (Å²) in [6.45, 7) is 7.10. The van der Waals surface area contributed by atoms with Gasteiger partial charge in [0.2, 0.25) is 0 Å². The van der Waals surface area contributed by atoms with E-state index < -0.39 is 0 Å². The summed E-state index contributed by atoms with van der Waals surface area (Å²) in [7, 11) is 0. The van der Waals surface area contributed by atoms with Gasteiger partial charge in [0.1, 0.15) is 0 Å². The molecular formula is C41H38N2. The van der Waals surface area contributed by atoms with Crippen LogP contribution in [0, 0.1) is 0 Å². The Hall–Kier alpha value is -4.56. The van der Waals surface area contributed by atoms with Gasteiger partial charge in [-0.25, -0.2) is 0 Å². The molecule has 0 saturated heterocycles. The number of nitrogens with zero attached hydrogens (tertiary/aromatic N) is 2. The van der Waals surface area contributed by atoms with Crippen molar-refractivity contribution in [1.29, 1.82) is 0 Å². The van der Waals surface area contributed by atoms with Crippen molar-refractivity contribution in [2.45, 2.75) is 57.8 Å². The van der Waals surface area contributed by atoms with Crippen LogP contribution in [0.5, 0.6) is 0 Å². The predicted molar refractivity (Wildman–Crippen MR) is 183 cm³/mol. The number of rotatable bonds is 5. The van der Waals surface area contributed by atoms with Crippen LogP contribution < -0.4 is 0 Å². The SMILES string of the molecule is CC1CC=Cc2c1n(-c1ccc(CC(C)(C)c3ccc(-n4c5c(c6ccccc64)C=CCC5)cc3)cc1)c1ccccc21. The summed E-state index contributed by atoms with van der Waals surface area (Å²) < 4.78 is 4.97. The van der Waals surface area contributed by atoms with Gasteiger partial charge in [0.25, 0.3) is 0 Å². The van der Waals surface area contributed by atoms with Crippen molar-refractivity contribution in [2.75, 3.05) is 0 Å². The maximum absolute atomic E-state index is 2.49. The summed E-state index contributed by atoms with van der Waals surface area (Å²) in [5, 5.41) is 2.69. The molecule has 212 valence electrons. The molecule has 0 fully saturated rings. The summed E-state index contributed by atoms with van der Waals surface area (Å²) in [6, 6.07) is 36.3. The van der Waals surface area contributed by atoms with Gasteiger partial charge in [0.05, 0.1) is 11.0 Å². The second kappa shape index (κ2) is 10.0. The minimum absolute atomic E-state index is 0.0135. The van der Waals surface area contributed by atoms with E-state index in [1.54, 1.807) is 0 Å². The molecule has 2 nitrogen and oxygen atoms in total. The molecule has 2 aliphatic rings. The zero-order chi connectivity index (χ0) is 29.1. The van der Waals surface area contributed by atoms with Gasteiger partial charge in [-0.3, -0.25) is 0 Å². The average Bonchev–Trinajstić information content (AvgIpc) is 3.56. The lowest BCUT2D eigenvalue weighted by Crippen LogP contribution is -2.20. The maximum Gasteiger partial charge on any atom is 0.0537 e. The zero-order valence-electron chi connectivity index (χ0n) is 25.3. The number of aromatic nitrogens is 2. The van der Waals surface area contributed by atoms with Crippen LogP contribution in [0.25, 0.3) is 45.3 Å². The summed E-state index contributed by atoms with van der Waals surface area (Å²) in [6.07, 6.45) is 13.5. The smallest absolute Gasteiger partial charge is 0.0537 e. The Balaban J connectivity index is 1.09. The maximum atomic E-state index is 2.49. The van der Waals surface area contributed by atoms with Gasteiger partial charge < -0.3 is 9.13 Å². The van der Waals surface area contributed by atoms with Crippen LogP contribution in [0.3, 0.4) is 0 Å². The summed E-state index contributed by atoms with van der Waals surface area (Å²) in [5.41, 5.74) is 13.5. The third-order valence-corrected chi connectivity index (χ3v) is 9.79. The van der Waals surface area contributed by atoms with Crippen LogP contribution in [0.15, 0.2) is 109 Å². The molecule has 0 spiro atoms. The number of para-hydroxylation sites is 2. The molecule has 43 heavy (non-hydrogen) atoms. The Morgan fingerprint density at radius 2 is 1.28 bits per heavy atom. The van der Waals surface area contributed by atoms with Crippen LogP contribution >= 0.6 is 0 Å². The first kappa shape index (κ1) is 26.1. The van der Waals surface area contributed by atoms with Gasteiger partial charge in [0, 0.05) is 50.6 Å². The van der Waals surface area contributed by atoms with Gasteiger partial charge in [-0.2, -0.15) is 0 Å². The van der Waals surface area contributed by atoms with Crippen LogP contribution in [0.2, 0.25) is 0 Å². The first-order chi connectivity index (χ1) is 21.0. The van der Waals surface area contributed by atoms with Crippen molar-refractivity contribution in [3.8, 4) is 11.4 Å². The van der Waals surface area contributed by atoms with E-state index in [9.17, 15) is 0 Å². The zero-order valence-corrected chi connectivity index (χ0v) is 25.3.